The SMILES string of the molecule is O=C([O-])C(O)C(O)C(O)C(O)CO.[Ag+]. The van der Waals surface area contributed by atoms with Crippen LogP contribution in [0.2, 0.25) is 0 Å². The molecular weight excluding hydrogens is 292 g/mol. The molecule has 14 heavy (non-hydrogen) atoms. The van der Waals surface area contributed by atoms with Crippen molar-refractivity contribution < 1.29 is 57.8 Å². The molecule has 0 heterocycles. The van der Waals surface area contributed by atoms with Crippen molar-refractivity contribution >= 4 is 5.97 Å². The van der Waals surface area contributed by atoms with Crippen molar-refractivity contribution in [1.29, 1.82) is 0 Å². The molecule has 0 rings (SSSR count). The van der Waals surface area contributed by atoms with Gasteiger partial charge in [-0.05, 0) is 0 Å². The molecule has 0 amide bonds. The molecule has 0 saturated heterocycles. The van der Waals surface area contributed by atoms with Crippen LogP contribution in [0.15, 0.2) is 0 Å². The molecule has 88 valence electrons. The fraction of sp³-hybridized carbons (Fsp3) is 0.833. The van der Waals surface area contributed by atoms with E-state index in [0.29, 0.717) is 0 Å². The molecule has 0 saturated carbocycles. The second kappa shape index (κ2) is 7.32. The molecule has 0 aliphatic rings. The van der Waals surface area contributed by atoms with Gasteiger partial charge in [-0.1, -0.05) is 0 Å². The van der Waals surface area contributed by atoms with Gasteiger partial charge in [0.15, 0.2) is 0 Å². The topological polar surface area (TPSA) is 141 Å². The van der Waals surface area contributed by atoms with Crippen LogP contribution in [0.1, 0.15) is 0 Å². The number of hydrogen-bond donors (Lipinski definition) is 5. The Kier molecular flexibility index (Phi) is 8.60. The summed E-state index contributed by atoms with van der Waals surface area (Å²) in [7, 11) is 0. The second-order valence-electron chi connectivity index (χ2n) is 2.49. The average Bonchev–Trinajstić information content (AvgIpc) is 2.12. The predicted octanol–water partition coefficient (Wildman–Crippen LogP) is -4.83. The molecule has 0 aromatic carbocycles. The van der Waals surface area contributed by atoms with E-state index in [1.54, 1.807) is 0 Å². The smallest absolute Gasteiger partial charge is 0.547 e. The van der Waals surface area contributed by atoms with Crippen LogP contribution < -0.4 is 5.11 Å². The maximum Gasteiger partial charge on any atom is 1.00 e. The first-order valence-electron chi connectivity index (χ1n) is 3.45. The van der Waals surface area contributed by atoms with Crippen LogP contribution in [0, 0.1) is 0 Å². The van der Waals surface area contributed by atoms with E-state index in [1.165, 1.54) is 0 Å². The zero-order valence-corrected chi connectivity index (χ0v) is 8.35. The van der Waals surface area contributed by atoms with E-state index in [4.69, 9.17) is 25.5 Å². The van der Waals surface area contributed by atoms with Gasteiger partial charge >= 0.3 is 22.4 Å². The van der Waals surface area contributed by atoms with Crippen molar-refractivity contribution in [2.45, 2.75) is 24.4 Å². The van der Waals surface area contributed by atoms with Gasteiger partial charge < -0.3 is 35.4 Å². The van der Waals surface area contributed by atoms with Crippen molar-refractivity contribution in [2.24, 2.45) is 0 Å². The molecule has 0 aliphatic carbocycles. The normalized spacial score (nSPS) is 18.9. The van der Waals surface area contributed by atoms with E-state index in [9.17, 15) is 9.90 Å². The third-order valence-corrected chi connectivity index (χ3v) is 1.50. The standard InChI is InChI=1S/C6H12O7.Ag/c7-1-2(8)3(9)4(10)5(11)6(12)13;/h2-5,7-11H,1H2,(H,12,13);/q;+1/p-1. The molecule has 4 atom stereocenters. The van der Waals surface area contributed by atoms with Gasteiger partial charge in [0.25, 0.3) is 0 Å². The Hall–Kier alpha value is 0.0103. The largest absolute Gasteiger partial charge is 1.00 e. The summed E-state index contributed by atoms with van der Waals surface area (Å²) in [6.45, 7) is -0.863. The van der Waals surface area contributed by atoms with Gasteiger partial charge in [-0.3, -0.25) is 0 Å². The summed E-state index contributed by atoms with van der Waals surface area (Å²) in [6.07, 6.45) is -8.08. The molecule has 0 aromatic rings. The molecule has 8 heteroatoms. The average molecular weight is 303 g/mol. The fourth-order valence-electron chi connectivity index (χ4n) is 0.662. The summed E-state index contributed by atoms with van der Waals surface area (Å²) in [5, 5.41) is 53.4. The monoisotopic (exact) mass is 302 g/mol. The van der Waals surface area contributed by atoms with Gasteiger partial charge in [-0.25, -0.2) is 0 Å². The summed E-state index contributed by atoms with van der Waals surface area (Å²) in [4.78, 5) is 9.98. The number of carboxylic acids is 1. The van der Waals surface area contributed by atoms with Crippen molar-refractivity contribution in [3.8, 4) is 0 Å². The van der Waals surface area contributed by atoms with E-state index in [0.717, 1.165) is 0 Å². The van der Waals surface area contributed by atoms with E-state index in [-0.39, 0.29) is 22.4 Å². The zero-order valence-electron chi connectivity index (χ0n) is 6.87. The molecule has 0 fully saturated rings. The Morgan fingerprint density at radius 1 is 1.14 bits per heavy atom. The van der Waals surface area contributed by atoms with E-state index < -0.39 is 37.0 Å². The summed E-state index contributed by atoms with van der Waals surface area (Å²) in [5.41, 5.74) is 0. The molecule has 0 aromatic heterocycles. The maximum absolute atomic E-state index is 9.98. The quantitative estimate of drug-likeness (QED) is 0.321. The van der Waals surface area contributed by atoms with Crippen molar-refractivity contribution in [2.75, 3.05) is 6.61 Å². The van der Waals surface area contributed by atoms with Gasteiger partial charge in [0.2, 0.25) is 0 Å². The summed E-state index contributed by atoms with van der Waals surface area (Å²) in [5.74, 6) is -1.98. The Labute approximate surface area is 95.1 Å². The molecule has 0 spiro atoms. The second-order valence-corrected chi connectivity index (χ2v) is 2.49. The molecule has 0 radical (unpaired) electrons. The summed E-state index contributed by atoms with van der Waals surface area (Å²) >= 11 is 0. The molecule has 4 unspecified atom stereocenters. The fourth-order valence-corrected chi connectivity index (χ4v) is 0.662. The van der Waals surface area contributed by atoms with Crippen LogP contribution in [-0.4, -0.2) is 62.5 Å². The molecular formula is C6H11AgO7. The van der Waals surface area contributed by atoms with Crippen molar-refractivity contribution in [3.63, 3.8) is 0 Å². The number of aliphatic carboxylic acids is 1. The van der Waals surface area contributed by atoms with Gasteiger partial charge in [-0.2, -0.15) is 0 Å². The Balaban J connectivity index is 0. The van der Waals surface area contributed by atoms with Crippen LogP contribution in [0.4, 0.5) is 0 Å². The molecule has 7 nitrogen and oxygen atoms in total. The van der Waals surface area contributed by atoms with Crippen LogP contribution in [-0.2, 0) is 27.2 Å². The first kappa shape index (κ1) is 16.4. The first-order chi connectivity index (χ1) is 5.91. The van der Waals surface area contributed by atoms with Gasteiger partial charge in [0.1, 0.15) is 24.4 Å². The summed E-state index contributed by atoms with van der Waals surface area (Å²) in [6, 6.07) is 0. The van der Waals surface area contributed by atoms with Gasteiger partial charge in [-0.15, -0.1) is 0 Å². The van der Waals surface area contributed by atoms with Crippen molar-refractivity contribution in [3.05, 3.63) is 0 Å². The van der Waals surface area contributed by atoms with Gasteiger partial charge in [0, 0.05) is 0 Å². The van der Waals surface area contributed by atoms with Crippen LogP contribution in [0.25, 0.3) is 0 Å². The van der Waals surface area contributed by atoms with E-state index in [2.05, 4.69) is 0 Å². The molecule has 0 aliphatic heterocycles. The minimum absolute atomic E-state index is 0. The van der Waals surface area contributed by atoms with Gasteiger partial charge in [0.05, 0.1) is 12.6 Å². The number of aliphatic hydroxyl groups excluding tert-OH is 5. The van der Waals surface area contributed by atoms with Crippen LogP contribution >= 0.6 is 0 Å². The third-order valence-electron chi connectivity index (χ3n) is 1.50. The molecule has 0 bridgehead atoms. The third kappa shape index (κ3) is 4.49. The minimum atomic E-state index is -2.31. The van der Waals surface area contributed by atoms with E-state index >= 15 is 0 Å². The number of rotatable bonds is 5. The number of carbonyl (C=O) groups is 1. The Morgan fingerprint density at radius 3 is 1.86 bits per heavy atom. The van der Waals surface area contributed by atoms with Crippen LogP contribution in [0.3, 0.4) is 0 Å². The van der Waals surface area contributed by atoms with Crippen molar-refractivity contribution in [1.82, 2.24) is 0 Å². The maximum atomic E-state index is 9.98. The summed E-state index contributed by atoms with van der Waals surface area (Å²) < 4.78 is 0. The number of aliphatic hydroxyl groups is 5. The number of hydrogen-bond acceptors (Lipinski definition) is 7. The number of carboxylic acid groups (broad SMARTS) is 1. The number of carbonyl (C=O) groups excluding carboxylic acids is 1. The predicted molar refractivity (Wildman–Crippen MR) is 36.1 cm³/mol. The molecule has 5 N–H and O–H groups in total. The Bertz CT molecular complexity index is 176. The minimum Gasteiger partial charge on any atom is -0.547 e. The first-order valence-corrected chi connectivity index (χ1v) is 3.45. The zero-order chi connectivity index (χ0) is 10.6. The van der Waals surface area contributed by atoms with Crippen LogP contribution in [0.5, 0.6) is 0 Å². The van der Waals surface area contributed by atoms with E-state index in [1.807, 2.05) is 0 Å². The Morgan fingerprint density at radius 2 is 1.57 bits per heavy atom.